The van der Waals surface area contributed by atoms with E-state index in [0.29, 0.717) is 24.7 Å². The summed E-state index contributed by atoms with van der Waals surface area (Å²) in [4.78, 5) is 0. The van der Waals surface area contributed by atoms with Crippen LogP contribution in [0, 0.1) is 5.92 Å². The molecule has 0 bridgehead atoms. The summed E-state index contributed by atoms with van der Waals surface area (Å²) in [6, 6.07) is 0. The highest BCUT2D eigenvalue weighted by molar-refractivity contribution is 4.72. The minimum Gasteiger partial charge on any atom is -0.396 e. The fourth-order valence-corrected chi connectivity index (χ4v) is 1.69. The van der Waals surface area contributed by atoms with Crippen molar-refractivity contribution in [1.29, 1.82) is 0 Å². The minimum atomic E-state index is 0.318. The van der Waals surface area contributed by atoms with Crippen LogP contribution in [0.4, 0.5) is 0 Å². The molecule has 1 saturated heterocycles. The molecule has 3 atom stereocenters. The van der Waals surface area contributed by atoms with Crippen molar-refractivity contribution in [2.75, 3.05) is 6.61 Å². The number of hydrogen-bond donors (Lipinski definition) is 1. The lowest BCUT2D eigenvalue weighted by molar-refractivity contribution is -0.0612. The van der Waals surface area contributed by atoms with Crippen molar-refractivity contribution in [3.8, 4) is 0 Å². The lowest BCUT2D eigenvalue weighted by Crippen LogP contribution is -2.30. The van der Waals surface area contributed by atoms with E-state index in [1.54, 1.807) is 0 Å². The highest BCUT2D eigenvalue weighted by atomic mass is 16.5. The third kappa shape index (κ3) is 1.96. The van der Waals surface area contributed by atoms with Gasteiger partial charge in [-0.15, -0.1) is 0 Å². The van der Waals surface area contributed by atoms with Crippen LogP contribution < -0.4 is 0 Å². The van der Waals surface area contributed by atoms with Crippen molar-refractivity contribution in [3.05, 3.63) is 0 Å². The van der Waals surface area contributed by atoms with Crippen LogP contribution in [0.15, 0.2) is 0 Å². The summed E-state index contributed by atoms with van der Waals surface area (Å²) in [5.74, 6) is 0.471. The molecule has 0 aromatic rings. The molecule has 1 N–H and O–H groups in total. The molecule has 1 rings (SSSR count). The topological polar surface area (TPSA) is 29.5 Å². The van der Waals surface area contributed by atoms with Gasteiger partial charge in [0.1, 0.15) is 0 Å². The highest BCUT2D eigenvalue weighted by Gasteiger charge is 2.23. The van der Waals surface area contributed by atoms with Crippen LogP contribution in [0.1, 0.15) is 26.7 Å². The summed E-state index contributed by atoms with van der Waals surface area (Å²) in [5, 5.41) is 8.87. The van der Waals surface area contributed by atoms with Crippen LogP contribution in [0.25, 0.3) is 0 Å². The fraction of sp³-hybridized carbons (Fsp3) is 1.00. The third-order valence-electron chi connectivity index (χ3n) is 2.05. The number of aliphatic hydroxyl groups is 1. The van der Waals surface area contributed by atoms with Crippen LogP contribution in [-0.2, 0) is 4.74 Å². The Hall–Kier alpha value is -0.0800. The van der Waals surface area contributed by atoms with Crippen LogP contribution in [0.3, 0.4) is 0 Å². The molecule has 2 nitrogen and oxygen atoms in total. The predicted molar refractivity (Wildman–Crippen MR) is 39.8 cm³/mol. The summed E-state index contributed by atoms with van der Waals surface area (Å²) in [6.07, 6.45) is 2.70. The van der Waals surface area contributed by atoms with E-state index in [9.17, 15) is 0 Å². The summed E-state index contributed by atoms with van der Waals surface area (Å²) < 4.78 is 5.51. The van der Waals surface area contributed by atoms with Crippen molar-refractivity contribution in [2.45, 2.75) is 38.9 Å². The average Bonchev–Trinajstić information content (AvgIpc) is 1.85. The number of ether oxygens (including phenoxy) is 1. The molecule has 0 aromatic heterocycles. The third-order valence-corrected chi connectivity index (χ3v) is 2.05. The molecular weight excluding hydrogens is 128 g/mol. The average molecular weight is 144 g/mol. The molecule has 2 heteroatoms. The largest absolute Gasteiger partial charge is 0.396 e. The van der Waals surface area contributed by atoms with Gasteiger partial charge in [0.15, 0.2) is 0 Å². The van der Waals surface area contributed by atoms with Gasteiger partial charge in [-0.1, -0.05) is 0 Å². The van der Waals surface area contributed by atoms with Crippen LogP contribution in [-0.4, -0.2) is 23.9 Å². The normalized spacial score (nSPS) is 41.7. The maximum absolute atomic E-state index is 8.87. The van der Waals surface area contributed by atoms with E-state index in [1.807, 2.05) is 0 Å². The first kappa shape index (κ1) is 8.02. The van der Waals surface area contributed by atoms with E-state index in [2.05, 4.69) is 13.8 Å². The van der Waals surface area contributed by atoms with Crippen molar-refractivity contribution in [2.24, 2.45) is 5.92 Å². The standard InChI is InChI=1S/C8H16O2/c1-6-3-8(5-9)4-7(2)10-6/h6-9H,3-5H2,1-2H3/t6-,7?,8?/m1/s1. The lowest BCUT2D eigenvalue weighted by atomic mass is 9.94. The van der Waals surface area contributed by atoms with Crippen molar-refractivity contribution >= 4 is 0 Å². The molecule has 1 heterocycles. The van der Waals surface area contributed by atoms with Gasteiger partial charge in [-0.3, -0.25) is 0 Å². The molecule has 1 aliphatic rings. The molecule has 0 spiro atoms. The Morgan fingerprint density at radius 1 is 1.30 bits per heavy atom. The summed E-state index contributed by atoms with van der Waals surface area (Å²) >= 11 is 0. The van der Waals surface area contributed by atoms with Gasteiger partial charge >= 0.3 is 0 Å². The minimum absolute atomic E-state index is 0.318. The second kappa shape index (κ2) is 3.35. The molecule has 60 valence electrons. The van der Waals surface area contributed by atoms with Crippen molar-refractivity contribution in [1.82, 2.24) is 0 Å². The molecule has 10 heavy (non-hydrogen) atoms. The maximum atomic E-state index is 8.87. The highest BCUT2D eigenvalue weighted by Crippen LogP contribution is 2.23. The Morgan fingerprint density at radius 3 is 2.20 bits per heavy atom. The molecule has 0 aliphatic carbocycles. The Labute approximate surface area is 62.2 Å². The van der Waals surface area contributed by atoms with Crippen LogP contribution in [0.5, 0.6) is 0 Å². The first-order chi connectivity index (χ1) is 4.72. The van der Waals surface area contributed by atoms with Crippen molar-refractivity contribution in [3.63, 3.8) is 0 Å². The summed E-state index contributed by atoms with van der Waals surface area (Å²) in [6.45, 7) is 4.45. The zero-order valence-electron chi connectivity index (χ0n) is 6.71. The number of aliphatic hydroxyl groups excluding tert-OH is 1. The van der Waals surface area contributed by atoms with Crippen LogP contribution >= 0.6 is 0 Å². The van der Waals surface area contributed by atoms with Crippen molar-refractivity contribution < 1.29 is 9.84 Å². The van der Waals surface area contributed by atoms with Gasteiger partial charge < -0.3 is 9.84 Å². The molecule has 0 radical (unpaired) electrons. The van der Waals surface area contributed by atoms with Gasteiger partial charge in [0, 0.05) is 6.61 Å². The van der Waals surface area contributed by atoms with E-state index >= 15 is 0 Å². The zero-order valence-corrected chi connectivity index (χ0v) is 6.71. The molecular formula is C8H16O2. The monoisotopic (exact) mass is 144 g/mol. The Morgan fingerprint density at radius 2 is 1.80 bits per heavy atom. The smallest absolute Gasteiger partial charge is 0.0554 e. The first-order valence-electron chi connectivity index (χ1n) is 3.98. The van der Waals surface area contributed by atoms with Gasteiger partial charge in [0.25, 0.3) is 0 Å². The number of rotatable bonds is 1. The quantitative estimate of drug-likeness (QED) is 0.599. The Balaban J connectivity index is 2.35. The molecule has 1 aliphatic heterocycles. The SMILES string of the molecule is CC1CC(CO)C[C@@H](C)O1. The second-order valence-electron chi connectivity index (χ2n) is 3.28. The van der Waals surface area contributed by atoms with Gasteiger partial charge in [-0.2, -0.15) is 0 Å². The fourth-order valence-electron chi connectivity index (χ4n) is 1.69. The molecule has 0 aromatic carbocycles. The first-order valence-corrected chi connectivity index (χ1v) is 3.98. The molecule has 2 unspecified atom stereocenters. The maximum Gasteiger partial charge on any atom is 0.0554 e. The van der Waals surface area contributed by atoms with Gasteiger partial charge in [0.05, 0.1) is 12.2 Å². The summed E-state index contributed by atoms with van der Waals surface area (Å²) in [7, 11) is 0. The van der Waals surface area contributed by atoms with Gasteiger partial charge in [-0.25, -0.2) is 0 Å². The Kier molecular flexibility index (Phi) is 2.69. The van der Waals surface area contributed by atoms with Gasteiger partial charge in [0.2, 0.25) is 0 Å². The Bertz CT molecular complexity index is 93.4. The van der Waals surface area contributed by atoms with Crippen LogP contribution in [0.2, 0.25) is 0 Å². The number of hydrogen-bond acceptors (Lipinski definition) is 2. The van der Waals surface area contributed by atoms with E-state index in [4.69, 9.17) is 9.84 Å². The second-order valence-corrected chi connectivity index (χ2v) is 3.28. The molecule has 0 saturated carbocycles. The van der Waals surface area contributed by atoms with Gasteiger partial charge in [-0.05, 0) is 32.6 Å². The van der Waals surface area contributed by atoms with E-state index < -0.39 is 0 Å². The molecule has 0 amide bonds. The van der Waals surface area contributed by atoms with E-state index in [1.165, 1.54) is 0 Å². The molecule has 1 fully saturated rings. The van der Waals surface area contributed by atoms with E-state index in [0.717, 1.165) is 12.8 Å². The predicted octanol–water partition coefficient (Wildman–Crippen LogP) is 1.18. The summed E-state index contributed by atoms with van der Waals surface area (Å²) in [5.41, 5.74) is 0. The van der Waals surface area contributed by atoms with E-state index in [-0.39, 0.29) is 0 Å². The lowest BCUT2D eigenvalue weighted by Gasteiger charge is -2.30. The zero-order chi connectivity index (χ0) is 7.56.